The number of aromatic nitrogens is 2. The topological polar surface area (TPSA) is 63.8 Å². The summed E-state index contributed by atoms with van der Waals surface area (Å²) >= 11 is 5.75. The van der Waals surface area contributed by atoms with Gasteiger partial charge in [-0.05, 0) is 25.7 Å². The van der Waals surface area contributed by atoms with E-state index in [9.17, 15) is 0 Å². The lowest BCUT2D eigenvalue weighted by atomic mass is 9.92. The highest BCUT2D eigenvalue weighted by molar-refractivity contribution is 6.29. The Balaban J connectivity index is 0.00000128. The zero-order valence-electron chi connectivity index (χ0n) is 8.90. The van der Waals surface area contributed by atoms with Crippen molar-refractivity contribution < 1.29 is 0 Å². The quantitative estimate of drug-likeness (QED) is 0.858. The molecule has 2 rings (SSSR count). The van der Waals surface area contributed by atoms with Gasteiger partial charge in [0.25, 0.3) is 0 Å². The Hall–Kier alpha value is -0.580. The summed E-state index contributed by atoms with van der Waals surface area (Å²) in [5.41, 5.74) is 5.84. The van der Waals surface area contributed by atoms with E-state index in [0.717, 1.165) is 31.5 Å². The van der Waals surface area contributed by atoms with Crippen molar-refractivity contribution in [3.63, 3.8) is 0 Å². The highest BCUT2D eigenvalue weighted by Crippen LogP contribution is 2.20. The minimum Gasteiger partial charge on any atom is -0.366 e. The Morgan fingerprint density at radius 1 is 1.25 bits per heavy atom. The van der Waals surface area contributed by atoms with E-state index >= 15 is 0 Å². The van der Waals surface area contributed by atoms with Crippen LogP contribution in [0.15, 0.2) is 12.4 Å². The van der Waals surface area contributed by atoms with Crippen LogP contribution in [0.2, 0.25) is 5.15 Å². The van der Waals surface area contributed by atoms with Crippen LogP contribution in [0.1, 0.15) is 25.7 Å². The average Bonchev–Trinajstić information content (AvgIpc) is 2.22. The lowest BCUT2D eigenvalue weighted by molar-refractivity contribution is 0.410. The summed E-state index contributed by atoms with van der Waals surface area (Å²) in [6.45, 7) is 0. The molecule has 4 nitrogen and oxygen atoms in total. The van der Waals surface area contributed by atoms with Gasteiger partial charge in [0.15, 0.2) is 0 Å². The number of hydrogen-bond acceptors (Lipinski definition) is 4. The van der Waals surface area contributed by atoms with E-state index in [0.29, 0.717) is 17.2 Å². The largest absolute Gasteiger partial charge is 0.366 e. The van der Waals surface area contributed by atoms with E-state index in [1.54, 1.807) is 6.20 Å². The summed E-state index contributed by atoms with van der Waals surface area (Å²) in [6.07, 6.45) is 7.56. The molecule has 0 radical (unpaired) electrons. The first-order chi connectivity index (χ1) is 7.24. The van der Waals surface area contributed by atoms with Gasteiger partial charge in [-0.2, -0.15) is 0 Å². The van der Waals surface area contributed by atoms with Crippen LogP contribution in [-0.4, -0.2) is 22.1 Å². The van der Waals surface area contributed by atoms with Gasteiger partial charge in [0, 0.05) is 12.1 Å². The Morgan fingerprint density at radius 3 is 2.56 bits per heavy atom. The second-order valence-corrected chi connectivity index (χ2v) is 4.37. The van der Waals surface area contributed by atoms with Crippen molar-refractivity contribution in [2.45, 2.75) is 37.8 Å². The maximum Gasteiger partial charge on any atom is 0.149 e. The molecule has 1 aromatic heterocycles. The molecule has 1 saturated carbocycles. The third-order valence-corrected chi connectivity index (χ3v) is 2.91. The zero-order chi connectivity index (χ0) is 10.7. The van der Waals surface area contributed by atoms with Crippen LogP contribution in [0, 0.1) is 0 Å². The lowest BCUT2D eigenvalue weighted by Gasteiger charge is -2.27. The minimum atomic E-state index is 0. The van der Waals surface area contributed by atoms with E-state index in [-0.39, 0.29) is 12.4 Å². The predicted octanol–water partition coefficient (Wildman–Crippen LogP) is 2.23. The summed E-state index contributed by atoms with van der Waals surface area (Å²) < 4.78 is 0. The zero-order valence-corrected chi connectivity index (χ0v) is 10.5. The van der Waals surface area contributed by atoms with Gasteiger partial charge in [-0.3, -0.25) is 4.98 Å². The van der Waals surface area contributed by atoms with Gasteiger partial charge in [0.2, 0.25) is 0 Å². The van der Waals surface area contributed by atoms with Gasteiger partial charge in [-0.15, -0.1) is 12.4 Å². The third-order valence-electron chi connectivity index (χ3n) is 2.73. The van der Waals surface area contributed by atoms with Crippen LogP contribution >= 0.6 is 24.0 Å². The molecule has 90 valence electrons. The van der Waals surface area contributed by atoms with Crippen LogP contribution in [0.25, 0.3) is 0 Å². The second-order valence-electron chi connectivity index (χ2n) is 3.98. The summed E-state index contributed by atoms with van der Waals surface area (Å²) in [5.74, 6) is 0.753. The van der Waals surface area contributed by atoms with E-state index in [1.165, 1.54) is 6.20 Å². The number of nitrogens with zero attached hydrogens (tertiary/aromatic N) is 2. The fourth-order valence-corrected chi connectivity index (χ4v) is 2.03. The van der Waals surface area contributed by atoms with Gasteiger partial charge in [0.05, 0.1) is 12.4 Å². The van der Waals surface area contributed by atoms with Crippen molar-refractivity contribution in [2.24, 2.45) is 5.73 Å². The molecule has 0 aromatic carbocycles. The summed E-state index contributed by atoms with van der Waals surface area (Å²) in [6, 6.07) is 0.825. The third kappa shape index (κ3) is 3.77. The number of nitrogens with one attached hydrogen (secondary N) is 1. The summed E-state index contributed by atoms with van der Waals surface area (Å²) in [5, 5.41) is 3.75. The molecule has 0 aliphatic heterocycles. The van der Waals surface area contributed by atoms with Crippen LogP contribution in [0.4, 0.5) is 5.82 Å². The predicted molar refractivity (Wildman–Crippen MR) is 68.1 cm³/mol. The van der Waals surface area contributed by atoms with Crippen LogP contribution < -0.4 is 11.1 Å². The monoisotopic (exact) mass is 262 g/mol. The number of rotatable bonds is 2. The molecule has 0 atom stereocenters. The molecule has 0 spiro atoms. The fourth-order valence-electron chi connectivity index (χ4n) is 1.88. The molecule has 1 heterocycles. The van der Waals surface area contributed by atoms with Crippen molar-refractivity contribution in [2.75, 3.05) is 5.32 Å². The van der Waals surface area contributed by atoms with E-state index in [1.807, 2.05) is 0 Å². The fraction of sp³-hybridized carbons (Fsp3) is 0.600. The van der Waals surface area contributed by atoms with Crippen molar-refractivity contribution >= 4 is 29.8 Å². The van der Waals surface area contributed by atoms with E-state index in [4.69, 9.17) is 17.3 Å². The van der Waals surface area contributed by atoms with E-state index in [2.05, 4.69) is 15.3 Å². The molecule has 0 unspecified atom stereocenters. The Kier molecular flexibility index (Phi) is 5.25. The van der Waals surface area contributed by atoms with Crippen LogP contribution in [0.3, 0.4) is 0 Å². The SMILES string of the molecule is Cl.NC1CCC(Nc2cncc(Cl)n2)CC1. The van der Waals surface area contributed by atoms with E-state index < -0.39 is 0 Å². The minimum absolute atomic E-state index is 0. The Bertz CT molecular complexity index is 326. The number of nitrogens with two attached hydrogens (primary N) is 1. The molecular weight excluding hydrogens is 247 g/mol. The van der Waals surface area contributed by atoms with Crippen molar-refractivity contribution in [1.29, 1.82) is 0 Å². The van der Waals surface area contributed by atoms with Crippen LogP contribution in [-0.2, 0) is 0 Å². The highest BCUT2D eigenvalue weighted by Gasteiger charge is 2.18. The summed E-state index contributed by atoms with van der Waals surface area (Å²) in [7, 11) is 0. The standard InChI is InChI=1S/C10H15ClN4.ClH/c11-9-5-13-6-10(15-9)14-8-3-1-7(12)2-4-8;/h5-8H,1-4,12H2,(H,14,15);1H. The molecule has 1 fully saturated rings. The molecular formula is C10H16Cl2N4. The maximum absolute atomic E-state index is 5.84. The molecule has 1 aromatic rings. The number of halogens is 2. The highest BCUT2D eigenvalue weighted by atomic mass is 35.5. The average molecular weight is 263 g/mol. The first kappa shape index (κ1) is 13.5. The molecule has 16 heavy (non-hydrogen) atoms. The maximum atomic E-state index is 5.84. The normalized spacial score (nSPS) is 24.6. The second kappa shape index (κ2) is 6.23. The van der Waals surface area contributed by atoms with Crippen molar-refractivity contribution in [1.82, 2.24) is 9.97 Å². The van der Waals surface area contributed by atoms with Gasteiger partial charge in [0.1, 0.15) is 11.0 Å². The van der Waals surface area contributed by atoms with Crippen molar-refractivity contribution in [3.05, 3.63) is 17.5 Å². The lowest BCUT2D eigenvalue weighted by Crippen LogP contribution is -2.33. The van der Waals surface area contributed by atoms with Gasteiger partial charge in [-0.25, -0.2) is 4.98 Å². The number of hydrogen-bond donors (Lipinski definition) is 2. The van der Waals surface area contributed by atoms with Gasteiger partial charge in [-0.1, -0.05) is 11.6 Å². The molecule has 0 amide bonds. The van der Waals surface area contributed by atoms with Gasteiger partial charge >= 0.3 is 0 Å². The van der Waals surface area contributed by atoms with Crippen molar-refractivity contribution in [3.8, 4) is 0 Å². The smallest absolute Gasteiger partial charge is 0.149 e. The summed E-state index contributed by atoms with van der Waals surface area (Å²) in [4.78, 5) is 8.13. The van der Waals surface area contributed by atoms with Gasteiger partial charge < -0.3 is 11.1 Å². The molecule has 3 N–H and O–H groups in total. The first-order valence-corrected chi connectivity index (χ1v) is 5.61. The van der Waals surface area contributed by atoms with Crippen LogP contribution in [0.5, 0.6) is 0 Å². The molecule has 1 aliphatic rings. The molecule has 0 bridgehead atoms. The molecule has 1 aliphatic carbocycles. The Labute approximate surface area is 106 Å². The first-order valence-electron chi connectivity index (χ1n) is 5.23. The number of anilines is 1. The molecule has 0 saturated heterocycles. The Morgan fingerprint density at radius 2 is 1.94 bits per heavy atom. The molecule has 6 heteroatoms.